The fraction of sp³-hybridized carbons (Fsp3) is 0.312. The summed E-state index contributed by atoms with van der Waals surface area (Å²) in [5.74, 6) is -0.187. The van der Waals surface area contributed by atoms with Crippen LogP contribution in [-0.4, -0.2) is 34.8 Å². The van der Waals surface area contributed by atoms with Crippen molar-refractivity contribution >= 4 is 11.7 Å². The van der Waals surface area contributed by atoms with E-state index < -0.39 is 18.3 Å². The summed E-state index contributed by atoms with van der Waals surface area (Å²) in [6.07, 6.45) is -4.54. The SMILES string of the molecule is CCOc1nc2c(c(=O)n1-c1ccc(OCC(F)(F)F)cc1)CC(=O)N2. The molecule has 138 valence electrons. The molecule has 0 radical (unpaired) electrons. The van der Waals surface area contributed by atoms with Gasteiger partial charge in [0.05, 0.1) is 24.3 Å². The van der Waals surface area contributed by atoms with Gasteiger partial charge in [0.15, 0.2) is 6.61 Å². The van der Waals surface area contributed by atoms with Gasteiger partial charge in [-0.2, -0.15) is 18.2 Å². The molecule has 2 heterocycles. The largest absolute Gasteiger partial charge is 0.484 e. The number of anilines is 1. The zero-order valence-electron chi connectivity index (χ0n) is 13.6. The molecule has 1 aliphatic heterocycles. The molecular formula is C16H14F3N3O4. The number of nitrogens with one attached hydrogen (secondary N) is 1. The van der Waals surface area contributed by atoms with Crippen LogP contribution in [0.5, 0.6) is 11.8 Å². The average Bonchev–Trinajstić information content (AvgIpc) is 2.94. The Kier molecular flexibility index (Phi) is 4.58. The number of ether oxygens (including phenoxy) is 2. The minimum atomic E-state index is -4.44. The Morgan fingerprint density at radius 2 is 1.88 bits per heavy atom. The molecule has 2 aromatic rings. The molecule has 26 heavy (non-hydrogen) atoms. The van der Waals surface area contributed by atoms with Gasteiger partial charge in [0.1, 0.15) is 11.6 Å². The molecule has 0 bridgehead atoms. The standard InChI is InChI=1S/C16H14F3N3O4/c1-2-25-15-21-13-11(7-12(23)20-13)14(24)22(15)9-3-5-10(6-4-9)26-8-16(17,18)19/h3-6H,2,7-8H2,1H3,(H,20,23). The smallest absolute Gasteiger partial charge is 0.422 e. The first-order valence-electron chi connectivity index (χ1n) is 7.67. The number of halogens is 3. The van der Waals surface area contributed by atoms with Gasteiger partial charge in [-0.15, -0.1) is 0 Å². The summed E-state index contributed by atoms with van der Waals surface area (Å²) in [5, 5.41) is 2.49. The molecule has 1 aromatic carbocycles. The molecule has 0 atom stereocenters. The number of hydrogen-bond donors (Lipinski definition) is 1. The lowest BCUT2D eigenvalue weighted by Crippen LogP contribution is -2.25. The Balaban J connectivity index is 1.97. The van der Waals surface area contributed by atoms with Crippen molar-refractivity contribution in [3.05, 3.63) is 40.2 Å². The third-order valence-corrected chi connectivity index (χ3v) is 3.51. The van der Waals surface area contributed by atoms with E-state index in [-0.39, 0.29) is 42.1 Å². The summed E-state index contributed by atoms with van der Waals surface area (Å²) >= 11 is 0. The number of fused-ring (bicyclic) bond motifs is 1. The number of rotatable bonds is 5. The molecule has 0 fully saturated rings. The van der Waals surface area contributed by atoms with Gasteiger partial charge < -0.3 is 14.8 Å². The van der Waals surface area contributed by atoms with Crippen LogP contribution in [0.25, 0.3) is 5.69 Å². The molecule has 0 unspecified atom stereocenters. The van der Waals surface area contributed by atoms with Crippen molar-refractivity contribution in [1.82, 2.24) is 9.55 Å². The van der Waals surface area contributed by atoms with Crippen molar-refractivity contribution in [3.8, 4) is 17.4 Å². The molecule has 0 saturated carbocycles. The minimum Gasteiger partial charge on any atom is -0.484 e. The van der Waals surface area contributed by atoms with E-state index in [1.807, 2.05) is 0 Å². The average molecular weight is 369 g/mol. The topological polar surface area (TPSA) is 82.4 Å². The fourth-order valence-electron chi connectivity index (χ4n) is 2.45. The predicted octanol–water partition coefficient (Wildman–Crippen LogP) is 2.07. The lowest BCUT2D eigenvalue weighted by molar-refractivity contribution is -0.153. The van der Waals surface area contributed by atoms with Gasteiger partial charge in [0.25, 0.3) is 5.56 Å². The summed E-state index contributed by atoms with van der Waals surface area (Å²) in [7, 11) is 0. The van der Waals surface area contributed by atoms with Crippen LogP contribution in [-0.2, 0) is 11.2 Å². The van der Waals surface area contributed by atoms with Gasteiger partial charge in [-0.05, 0) is 31.2 Å². The zero-order valence-corrected chi connectivity index (χ0v) is 13.6. The summed E-state index contributed by atoms with van der Waals surface area (Å²) < 4.78 is 47.8. The second-order valence-corrected chi connectivity index (χ2v) is 5.42. The van der Waals surface area contributed by atoms with Crippen LogP contribution in [0.3, 0.4) is 0 Å². The molecule has 0 spiro atoms. The molecule has 0 saturated heterocycles. The molecule has 1 aromatic heterocycles. The maximum absolute atomic E-state index is 12.7. The summed E-state index contributed by atoms with van der Waals surface area (Å²) in [6.45, 7) is 0.521. The molecule has 7 nitrogen and oxygen atoms in total. The number of aromatic nitrogens is 2. The van der Waals surface area contributed by atoms with E-state index in [9.17, 15) is 22.8 Å². The monoisotopic (exact) mass is 369 g/mol. The van der Waals surface area contributed by atoms with Crippen molar-refractivity contribution in [2.24, 2.45) is 0 Å². The quantitative estimate of drug-likeness (QED) is 0.873. The Bertz CT molecular complexity index is 891. The second-order valence-electron chi connectivity index (χ2n) is 5.42. The minimum absolute atomic E-state index is 0.00282. The van der Waals surface area contributed by atoms with Crippen LogP contribution in [0.2, 0.25) is 0 Å². The molecule has 3 rings (SSSR count). The van der Waals surface area contributed by atoms with Crippen LogP contribution in [0, 0.1) is 0 Å². The third kappa shape index (κ3) is 3.63. The first-order valence-corrected chi connectivity index (χ1v) is 7.67. The molecule has 10 heteroatoms. The van der Waals surface area contributed by atoms with Crippen LogP contribution in [0.15, 0.2) is 29.1 Å². The van der Waals surface area contributed by atoms with Gasteiger partial charge in [0.2, 0.25) is 5.91 Å². The molecule has 0 aliphatic carbocycles. The van der Waals surface area contributed by atoms with Crippen molar-refractivity contribution in [2.45, 2.75) is 19.5 Å². The van der Waals surface area contributed by atoms with Crippen LogP contribution in [0.1, 0.15) is 12.5 Å². The van der Waals surface area contributed by atoms with E-state index in [1.165, 1.54) is 24.3 Å². The molecule has 1 N–H and O–H groups in total. The Hall–Kier alpha value is -3.04. The number of carbonyl (C=O) groups excluding carboxylic acids is 1. The second kappa shape index (κ2) is 6.70. The number of carbonyl (C=O) groups is 1. The first kappa shape index (κ1) is 17.8. The highest BCUT2D eigenvalue weighted by molar-refractivity contribution is 5.97. The summed E-state index contributed by atoms with van der Waals surface area (Å²) in [5.41, 5.74) is 0.0454. The van der Waals surface area contributed by atoms with Gasteiger partial charge in [-0.3, -0.25) is 9.59 Å². The van der Waals surface area contributed by atoms with Crippen molar-refractivity contribution in [3.63, 3.8) is 0 Å². The van der Waals surface area contributed by atoms with E-state index in [0.717, 1.165) is 4.57 Å². The highest BCUT2D eigenvalue weighted by Crippen LogP contribution is 2.24. The number of amides is 1. The lowest BCUT2D eigenvalue weighted by atomic mass is 10.2. The fourth-order valence-corrected chi connectivity index (χ4v) is 2.45. The third-order valence-electron chi connectivity index (χ3n) is 3.51. The van der Waals surface area contributed by atoms with Crippen molar-refractivity contribution in [1.29, 1.82) is 0 Å². The van der Waals surface area contributed by atoms with Gasteiger partial charge in [-0.1, -0.05) is 0 Å². The Morgan fingerprint density at radius 3 is 2.50 bits per heavy atom. The van der Waals surface area contributed by atoms with Crippen LogP contribution >= 0.6 is 0 Å². The summed E-state index contributed by atoms with van der Waals surface area (Å²) in [6, 6.07) is 5.41. The highest BCUT2D eigenvalue weighted by atomic mass is 19.4. The number of nitrogens with zero attached hydrogens (tertiary/aromatic N) is 2. The van der Waals surface area contributed by atoms with E-state index in [4.69, 9.17) is 4.74 Å². The van der Waals surface area contributed by atoms with E-state index in [2.05, 4.69) is 15.0 Å². The van der Waals surface area contributed by atoms with Crippen LogP contribution < -0.4 is 20.3 Å². The Morgan fingerprint density at radius 1 is 1.19 bits per heavy atom. The van der Waals surface area contributed by atoms with Crippen molar-refractivity contribution < 1.29 is 27.4 Å². The zero-order chi connectivity index (χ0) is 18.9. The first-order chi connectivity index (χ1) is 12.3. The molecule has 1 aliphatic rings. The van der Waals surface area contributed by atoms with E-state index in [0.29, 0.717) is 5.69 Å². The number of alkyl halides is 3. The van der Waals surface area contributed by atoms with Gasteiger partial charge >= 0.3 is 12.2 Å². The molecule has 1 amide bonds. The highest BCUT2D eigenvalue weighted by Gasteiger charge is 2.29. The number of benzene rings is 1. The lowest BCUT2D eigenvalue weighted by Gasteiger charge is -2.14. The number of hydrogen-bond acceptors (Lipinski definition) is 5. The van der Waals surface area contributed by atoms with E-state index in [1.54, 1.807) is 6.92 Å². The predicted molar refractivity (Wildman–Crippen MR) is 84.9 cm³/mol. The Labute approximate surface area is 145 Å². The van der Waals surface area contributed by atoms with E-state index >= 15 is 0 Å². The normalized spacial score (nSPS) is 13.3. The van der Waals surface area contributed by atoms with Gasteiger partial charge in [-0.25, -0.2) is 4.57 Å². The summed E-state index contributed by atoms with van der Waals surface area (Å²) in [4.78, 5) is 28.4. The van der Waals surface area contributed by atoms with Gasteiger partial charge in [0, 0.05) is 0 Å². The van der Waals surface area contributed by atoms with Crippen molar-refractivity contribution in [2.75, 3.05) is 18.5 Å². The molecular weight excluding hydrogens is 355 g/mol. The maximum atomic E-state index is 12.7. The maximum Gasteiger partial charge on any atom is 0.422 e. The van der Waals surface area contributed by atoms with Crippen LogP contribution in [0.4, 0.5) is 19.0 Å².